The maximum absolute atomic E-state index is 10.6. The zero-order valence-corrected chi connectivity index (χ0v) is 10.9. The lowest BCUT2D eigenvalue weighted by Crippen LogP contribution is -2.21. The minimum absolute atomic E-state index is 0.132. The van der Waals surface area contributed by atoms with Crippen LogP contribution in [0.1, 0.15) is 15.9 Å². The Hall–Kier alpha value is -2.82. The molecule has 0 saturated carbocycles. The number of hydrogen-bond donors (Lipinski definition) is 1. The monoisotopic (exact) mass is 269 g/mol. The van der Waals surface area contributed by atoms with Crippen LogP contribution in [0.2, 0.25) is 0 Å². The molecule has 0 fully saturated rings. The van der Waals surface area contributed by atoms with Gasteiger partial charge in [-0.3, -0.25) is 5.43 Å². The van der Waals surface area contributed by atoms with E-state index < -0.39 is 5.97 Å². The van der Waals surface area contributed by atoms with E-state index in [-0.39, 0.29) is 5.56 Å². The van der Waals surface area contributed by atoms with Gasteiger partial charge in [0.25, 0.3) is 0 Å². The molecule has 20 heavy (non-hydrogen) atoms. The van der Waals surface area contributed by atoms with E-state index in [0.717, 1.165) is 11.3 Å². The molecule has 0 aliphatic carbocycles. The summed E-state index contributed by atoms with van der Waals surface area (Å²) in [6.07, 6.45) is 1.65. The highest BCUT2D eigenvalue weighted by Crippen LogP contribution is 2.11. The van der Waals surface area contributed by atoms with Crippen LogP contribution in [0.5, 0.6) is 5.75 Å². The molecule has 2 rings (SSSR count). The van der Waals surface area contributed by atoms with Gasteiger partial charge >= 0.3 is 0 Å². The van der Waals surface area contributed by atoms with E-state index in [1.165, 1.54) is 12.1 Å². The molecule has 0 bridgehead atoms. The lowest BCUT2D eigenvalue weighted by molar-refractivity contribution is -0.255. The number of hydrogen-bond acceptors (Lipinski definition) is 5. The minimum Gasteiger partial charge on any atom is -0.545 e. The van der Waals surface area contributed by atoms with Crippen LogP contribution in [0, 0.1) is 0 Å². The second-order valence-corrected chi connectivity index (χ2v) is 4.01. The molecule has 2 aromatic rings. The smallest absolute Gasteiger partial charge is 0.119 e. The first-order chi connectivity index (χ1) is 9.69. The fraction of sp³-hybridized carbons (Fsp3) is 0.0667. The van der Waals surface area contributed by atoms with Gasteiger partial charge in [0.2, 0.25) is 0 Å². The van der Waals surface area contributed by atoms with Crippen LogP contribution in [-0.4, -0.2) is 19.3 Å². The Morgan fingerprint density at radius 3 is 2.65 bits per heavy atom. The number of carbonyl (C=O) groups excluding carboxylic acids is 1. The van der Waals surface area contributed by atoms with Crippen molar-refractivity contribution in [1.82, 2.24) is 0 Å². The predicted octanol–water partition coefficient (Wildman–Crippen LogP) is 1.50. The summed E-state index contributed by atoms with van der Waals surface area (Å²) in [7, 11) is 1.60. The number of carbonyl (C=O) groups is 1. The van der Waals surface area contributed by atoms with Crippen LogP contribution >= 0.6 is 0 Å². The quantitative estimate of drug-likeness (QED) is 0.659. The van der Waals surface area contributed by atoms with Gasteiger partial charge in [0.05, 0.1) is 25.0 Å². The van der Waals surface area contributed by atoms with Crippen molar-refractivity contribution in [2.24, 2.45) is 5.10 Å². The van der Waals surface area contributed by atoms with Crippen LogP contribution < -0.4 is 15.3 Å². The molecular weight excluding hydrogens is 256 g/mol. The molecule has 0 aromatic heterocycles. The molecule has 0 saturated heterocycles. The normalized spacial score (nSPS) is 10.4. The largest absolute Gasteiger partial charge is 0.545 e. The summed E-state index contributed by atoms with van der Waals surface area (Å²) in [6.45, 7) is 0. The third-order valence-corrected chi connectivity index (χ3v) is 2.62. The highest BCUT2D eigenvalue weighted by molar-refractivity contribution is 5.86. The fourth-order valence-corrected chi connectivity index (χ4v) is 1.58. The number of ether oxygens (including phenoxy) is 1. The molecule has 2 aromatic carbocycles. The van der Waals surface area contributed by atoms with Gasteiger partial charge in [-0.15, -0.1) is 0 Å². The molecule has 5 nitrogen and oxygen atoms in total. The van der Waals surface area contributed by atoms with Crippen molar-refractivity contribution in [1.29, 1.82) is 0 Å². The van der Waals surface area contributed by atoms with Crippen molar-refractivity contribution in [3.8, 4) is 5.75 Å². The van der Waals surface area contributed by atoms with Crippen LogP contribution in [0.3, 0.4) is 0 Å². The van der Waals surface area contributed by atoms with Crippen LogP contribution in [0.15, 0.2) is 53.6 Å². The second kappa shape index (κ2) is 6.38. The minimum atomic E-state index is -1.20. The predicted molar refractivity (Wildman–Crippen MR) is 75.0 cm³/mol. The molecule has 0 aliphatic heterocycles. The van der Waals surface area contributed by atoms with E-state index in [9.17, 15) is 9.90 Å². The molecule has 0 amide bonds. The summed E-state index contributed by atoms with van der Waals surface area (Å²) in [4.78, 5) is 10.6. The number of carboxylic acid groups (broad SMARTS) is 1. The number of methoxy groups -OCH3 is 1. The molecular formula is C15H13N2O3-. The van der Waals surface area contributed by atoms with Gasteiger partial charge in [0.15, 0.2) is 0 Å². The van der Waals surface area contributed by atoms with E-state index in [1.807, 2.05) is 24.3 Å². The van der Waals surface area contributed by atoms with Gasteiger partial charge in [0.1, 0.15) is 5.75 Å². The number of carboxylic acids is 1. The molecule has 0 spiro atoms. The number of nitrogens with one attached hydrogen (secondary N) is 1. The number of hydrazone groups is 1. The molecule has 5 heteroatoms. The third-order valence-electron chi connectivity index (χ3n) is 2.62. The number of anilines is 1. The Kier molecular flexibility index (Phi) is 4.34. The number of benzene rings is 2. The van der Waals surface area contributed by atoms with Crippen molar-refractivity contribution < 1.29 is 14.6 Å². The summed E-state index contributed by atoms with van der Waals surface area (Å²) in [5, 5.41) is 14.7. The van der Waals surface area contributed by atoms with E-state index >= 15 is 0 Å². The lowest BCUT2D eigenvalue weighted by atomic mass is 10.2. The number of rotatable bonds is 5. The van der Waals surface area contributed by atoms with Crippen molar-refractivity contribution in [2.45, 2.75) is 0 Å². The van der Waals surface area contributed by atoms with E-state index in [0.29, 0.717) is 5.69 Å². The summed E-state index contributed by atoms with van der Waals surface area (Å²) < 4.78 is 5.11. The van der Waals surface area contributed by atoms with Crippen LogP contribution in [0.25, 0.3) is 0 Å². The maximum Gasteiger partial charge on any atom is 0.119 e. The molecule has 102 valence electrons. The van der Waals surface area contributed by atoms with Crippen molar-refractivity contribution >= 4 is 17.9 Å². The topological polar surface area (TPSA) is 73.8 Å². The standard InChI is InChI=1S/C15H14N2O3/c1-20-14-4-2-3-11(9-14)10-16-17-13-7-5-12(6-8-13)15(18)19/h2-10,17H,1H3,(H,18,19)/p-1/b16-10-. The maximum atomic E-state index is 10.6. The summed E-state index contributed by atoms with van der Waals surface area (Å²) in [5.74, 6) is -0.441. The Morgan fingerprint density at radius 2 is 2.00 bits per heavy atom. The Labute approximate surface area is 116 Å². The molecule has 0 atom stereocenters. The van der Waals surface area contributed by atoms with Crippen molar-refractivity contribution in [3.05, 3.63) is 59.7 Å². The zero-order chi connectivity index (χ0) is 14.4. The molecule has 0 radical (unpaired) electrons. The Bertz CT molecular complexity index is 621. The summed E-state index contributed by atoms with van der Waals surface area (Å²) in [5.41, 5.74) is 4.52. The highest BCUT2D eigenvalue weighted by Gasteiger charge is 1.94. The van der Waals surface area contributed by atoms with E-state index in [2.05, 4.69) is 10.5 Å². The Morgan fingerprint density at radius 1 is 1.25 bits per heavy atom. The second-order valence-electron chi connectivity index (χ2n) is 4.01. The Balaban J connectivity index is 2.00. The summed E-state index contributed by atoms with van der Waals surface area (Å²) in [6, 6.07) is 13.6. The van der Waals surface area contributed by atoms with Gasteiger partial charge in [-0.05, 0) is 35.4 Å². The lowest BCUT2D eigenvalue weighted by Gasteiger charge is -2.04. The first kappa shape index (κ1) is 13.6. The third kappa shape index (κ3) is 3.58. The molecule has 0 unspecified atom stereocenters. The average Bonchev–Trinajstić information content (AvgIpc) is 2.48. The zero-order valence-electron chi connectivity index (χ0n) is 10.9. The first-order valence-corrected chi connectivity index (χ1v) is 5.93. The first-order valence-electron chi connectivity index (χ1n) is 5.93. The van der Waals surface area contributed by atoms with Gasteiger partial charge in [-0.2, -0.15) is 5.10 Å². The molecule has 1 N–H and O–H groups in total. The van der Waals surface area contributed by atoms with Gasteiger partial charge in [-0.1, -0.05) is 24.3 Å². The summed E-state index contributed by atoms with van der Waals surface area (Å²) >= 11 is 0. The molecule has 0 aliphatic rings. The highest BCUT2D eigenvalue weighted by atomic mass is 16.5. The van der Waals surface area contributed by atoms with E-state index in [4.69, 9.17) is 4.74 Å². The number of aromatic carboxylic acids is 1. The van der Waals surface area contributed by atoms with Gasteiger partial charge < -0.3 is 14.6 Å². The van der Waals surface area contributed by atoms with Crippen LogP contribution in [-0.2, 0) is 0 Å². The van der Waals surface area contributed by atoms with Crippen LogP contribution in [0.4, 0.5) is 5.69 Å². The van der Waals surface area contributed by atoms with E-state index in [1.54, 1.807) is 25.5 Å². The fourth-order valence-electron chi connectivity index (χ4n) is 1.58. The van der Waals surface area contributed by atoms with Gasteiger partial charge in [-0.25, -0.2) is 0 Å². The molecule has 0 heterocycles. The number of nitrogens with zero attached hydrogens (tertiary/aromatic N) is 1. The van der Waals surface area contributed by atoms with Crippen molar-refractivity contribution in [3.63, 3.8) is 0 Å². The van der Waals surface area contributed by atoms with Gasteiger partial charge in [0, 0.05) is 0 Å². The van der Waals surface area contributed by atoms with Crippen molar-refractivity contribution in [2.75, 3.05) is 12.5 Å². The SMILES string of the molecule is COc1cccc(/C=N\Nc2ccc(C(=O)[O-])cc2)c1. The average molecular weight is 269 g/mol.